The number of ether oxygens (including phenoxy) is 2. The summed E-state index contributed by atoms with van der Waals surface area (Å²) in [5.41, 5.74) is 3.02. The van der Waals surface area contributed by atoms with Crippen LogP contribution in [0.1, 0.15) is 16.7 Å². The van der Waals surface area contributed by atoms with Crippen molar-refractivity contribution < 1.29 is 23.9 Å². The molecule has 0 spiro atoms. The van der Waals surface area contributed by atoms with E-state index >= 15 is 0 Å². The number of hydrogen-bond donors (Lipinski definition) is 1. The Balaban J connectivity index is 1.41. The SMILES string of the molecule is COc1cc(/C=C2\SC(=O)N(Cc3ccccc3)C2=O)ccc1OCC(=O)Nc1ccc(C)c(Cl)c1. The normalized spacial score (nSPS) is 14.3. The van der Waals surface area contributed by atoms with Gasteiger partial charge in [0.25, 0.3) is 17.1 Å². The van der Waals surface area contributed by atoms with E-state index in [0.29, 0.717) is 32.7 Å². The number of thioether (sulfide) groups is 1. The van der Waals surface area contributed by atoms with Crippen LogP contribution in [-0.4, -0.2) is 35.7 Å². The van der Waals surface area contributed by atoms with Gasteiger partial charge in [-0.05, 0) is 65.7 Å². The molecule has 0 bridgehead atoms. The molecule has 184 valence electrons. The number of benzene rings is 3. The number of amides is 3. The van der Waals surface area contributed by atoms with Crippen LogP contribution in [0.4, 0.5) is 10.5 Å². The van der Waals surface area contributed by atoms with Crippen LogP contribution < -0.4 is 14.8 Å². The second-order valence-corrected chi connectivity index (χ2v) is 9.36. The Morgan fingerprint density at radius 3 is 2.56 bits per heavy atom. The number of anilines is 1. The van der Waals surface area contributed by atoms with E-state index in [4.69, 9.17) is 21.1 Å². The van der Waals surface area contributed by atoms with Crippen molar-refractivity contribution >= 4 is 52.2 Å². The Morgan fingerprint density at radius 1 is 1.06 bits per heavy atom. The number of nitrogens with one attached hydrogen (secondary N) is 1. The summed E-state index contributed by atoms with van der Waals surface area (Å²) in [6.45, 7) is 1.86. The summed E-state index contributed by atoms with van der Waals surface area (Å²) < 4.78 is 11.0. The van der Waals surface area contributed by atoms with Crippen molar-refractivity contribution in [2.24, 2.45) is 0 Å². The van der Waals surface area contributed by atoms with E-state index in [-0.39, 0.29) is 30.2 Å². The third-order valence-corrected chi connectivity index (χ3v) is 6.67. The van der Waals surface area contributed by atoms with Crippen molar-refractivity contribution in [3.8, 4) is 11.5 Å². The van der Waals surface area contributed by atoms with Gasteiger partial charge in [0.15, 0.2) is 18.1 Å². The number of carbonyl (C=O) groups is 3. The second kappa shape index (κ2) is 11.3. The molecule has 1 saturated heterocycles. The van der Waals surface area contributed by atoms with Crippen molar-refractivity contribution in [2.45, 2.75) is 13.5 Å². The lowest BCUT2D eigenvalue weighted by Gasteiger charge is -2.12. The molecule has 1 aliphatic rings. The Bertz CT molecular complexity index is 1340. The molecule has 4 rings (SSSR count). The molecule has 1 heterocycles. The lowest BCUT2D eigenvalue weighted by Crippen LogP contribution is -2.27. The molecule has 3 amide bonds. The number of rotatable bonds is 8. The topological polar surface area (TPSA) is 84.9 Å². The van der Waals surface area contributed by atoms with Gasteiger partial charge in [-0.15, -0.1) is 0 Å². The summed E-state index contributed by atoms with van der Waals surface area (Å²) in [7, 11) is 1.48. The summed E-state index contributed by atoms with van der Waals surface area (Å²) >= 11 is 6.99. The Labute approximate surface area is 218 Å². The smallest absolute Gasteiger partial charge is 0.293 e. The monoisotopic (exact) mass is 522 g/mol. The van der Waals surface area contributed by atoms with Gasteiger partial charge in [-0.3, -0.25) is 19.3 Å². The third kappa shape index (κ3) is 6.08. The fourth-order valence-electron chi connectivity index (χ4n) is 3.46. The summed E-state index contributed by atoms with van der Waals surface area (Å²) in [5, 5.41) is 2.97. The van der Waals surface area contributed by atoms with Crippen LogP contribution in [0.25, 0.3) is 6.08 Å². The molecule has 1 aliphatic heterocycles. The zero-order chi connectivity index (χ0) is 25.7. The molecule has 3 aromatic carbocycles. The summed E-state index contributed by atoms with van der Waals surface area (Å²) in [6, 6.07) is 19.6. The van der Waals surface area contributed by atoms with Gasteiger partial charge >= 0.3 is 0 Å². The highest BCUT2D eigenvalue weighted by atomic mass is 35.5. The zero-order valence-corrected chi connectivity index (χ0v) is 21.2. The van der Waals surface area contributed by atoms with Gasteiger partial charge in [0, 0.05) is 10.7 Å². The molecule has 36 heavy (non-hydrogen) atoms. The summed E-state index contributed by atoms with van der Waals surface area (Å²) in [6.07, 6.45) is 1.63. The van der Waals surface area contributed by atoms with Gasteiger partial charge in [-0.2, -0.15) is 0 Å². The maximum atomic E-state index is 12.8. The van der Waals surface area contributed by atoms with Crippen molar-refractivity contribution in [2.75, 3.05) is 19.0 Å². The van der Waals surface area contributed by atoms with Crippen LogP contribution in [-0.2, 0) is 16.1 Å². The lowest BCUT2D eigenvalue weighted by molar-refractivity contribution is -0.123. The molecule has 3 aromatic rings. The zero-order valence-electron chi connectivity index (χ0n) is 19.6. The van der Waals surface area contributed by atoms with E-state index in [1.165, 1.54) is 12.0 Å². The molecular formula is C27H23ClN2O5S. The van der Waals surface area contributed by atoms with Crippen molar-refractivity contribution in [1.82, 2.24) is 4.90 Å². The van der Waals surface area contributed by atoms with Crippen LogP contribution in [0.2, 0.25) is 5.02 Å². The van der Waals surface area contributed by atoms with E-state index in [1.54, 1.807) is 36.4 Å². The molecule has 7 nitrogen and oxygen atoms in total. The number of nitrogens with zero attached hydrogens (tertiary/aromatic N) is 1. The Morgan fingerprint density at radius 2 is 1.83 bits per heavy atom. The second-order valence-electron chi connectivity index (χ2n) is 7.96. The predicted molar refractivity (Wildman–Crippen MR) is 141 cm³/mol. The highest BCUT2D eigenvalue weighted by Crippen LogP contribution is 2.35. The molecule has 0 saturated carbocycles. The molecule has 0 radical (unpaired) electrons. The first-order valence-corrected chi connectivity index (χ1v) is 12.2. The first-order chi connectivity index (χ1) is 17.3. The molecule has 1 N–H and O–H groups in total. The number of halogens is 1. The highest BCUT2D eigenvalue weighted by Gasteiger charge is 2.35. The third-order valence-electron chi connectivity index (χ3n) is 5.36. The average Bonchev–Trinajstić information content (AvgIpc) is 3.13. The molecule has 0 atom stereocenters. The number of carbonyl (C=O) groups excluding carboxylic acids is 3. The molecule has 0 aliphatic carbocycles. The van der Waals surface area contributed by atoms with Crippen molar-refractivity contribution in [3.63, 3.8) is 0 Å². The minimum atomic E-state index is -0.354. The fourth-order valence-corrected chi connectivity index (χ4v) is 4.48. The van der Waals surface area contributed by atoms with Gasteiger partial charge in [-0.1, -0.05) is 54.1 Å². The van der Waals surface area contributed by atoms with E-state index in [0.717, 1.165) is 22.9 Å². The summed E-state index contributed by atoms with van der Waals surface area (Å²) in [4.78, 5) is 39.1. The predicted octanol–water partition coefficient (Wildman–Crippen LogP) is 5.91. The minimum Gasteiger partial charge on any atom is -0.493 e. The maximum Gasteiger partial charge on any atom is 0.293 e. The molecule has 9 heteroatoms. The average molecular weight is 523 g/mol. The maximum absolute atomic E-state index is 12.8. The first-order valence-electron chi connectivity index (χ1n) is 11.0. The quantitative estimate of drug-likeness (QED) is 0.370. The first kappa shape index (κ1) is 25.3. The number of methoxy groups -OCH3 is 1. The van der Waals surface area contributed by atoms with Crippen LogP contribution in [0.3, 0.4) is 0 Å². The Kier molecular flexibility index (Phi) is 7.97. The number of aryl methyl sites for hydroxylation is 1. The van der Waals surface area contributed by atoms with Gasteiger partial charge in [0.05, 0.1) is 18.6 Å². The van der Waals surface area contributed by atoms with Gasteiger partial charge < -0.3 is 14.8 Å². The van der Waals surface area contributed by atoms with Crippen molar-refractivity contribution in [1.29, 1.82) is 0 Å². The van der Waals surface area contributed by atoms with Gasteiger partial charge in [-0.25, -0.2) is 0 Å². The Hall–Kier alpha value is -3.75. The lowest BCUT2D eigenvalue weighted by atomic mass is 10.1. The van der Waals surface area contributed by atoms with Crippen LogP contribution >= 0.6 is 23.4 Å². The molecular weight excluding hydrogens is 500 g/mol. The highest BCUT2D eigenvalue weighted by molar-refractivity contribution is 8.18. The van der Waals surface area contributed by atoms with E-state index < -0.39 is 0 Å². The van der Waals surface area contributed by atoms with Crippen molar-refractivity contribution in [3.05, 3.63) is 93.3 Å². The van der Waals surface area contributed by atoms with Crippen LogP contribution in [0.5, 0.6) is 11.5 Å². The molecule has 1 fully saturated rings. The van der Waals surface area contributed by atoms with E-state index in [1.807, 2.05) is 43.3 Å². The van der Waals surface area contributed by atoms with E-state index in [9.17, 15) is 14.4 Å². The molecule has 0 unspecified atom stereocenters. The number of imide groups is 1. The van der Waals surface area contributed by atoms with Crippen LogP contribution in [0.15, 0.2) is 71.6 Å². The van der Waals surface area contributed by atoms with Gasteiger partial charge in [0.1, 0.15) is 0 Å². The van der Waals surface area contributed by atoms with E-state index in [2.05, 4.69) is 5.32 Å². The van der Waals surface area contributed by atoms with Crippen LogP contribution in [0, 0.1) is 6.92 Å². The largest absolute Gasteiger partial charge is 0.493 e. The standard InChI is InChI=1S/C27H23ClN2O5S/c1-17-8-10-20(14-21(17)28)29-25(31)16-35-22-11-9-19(12-23(22)34-2)13-24-26(32)30(27(33)36-24)15-18-6-4-3-5-7-18/h3-14H,15-16H2,1-2H3,(H,29,31)/b24-13-. The summed E-state index contributed by atoms with van der Waals surface area (Å²) in [5.74, 6) is 0.0523. The minimum absolute atomic E-state index is 0.218. The number of hydrogen-bond acceptors (Lipinski definition) is 6. The molecule has 0 aromatic heterocycles. The van der Waals surface area contributed by atoms with Gasteiger partial charge in [0.2, 0.25) is 0 Å². The fraction of sp³-hybridized carbons (Fsp3) is 0.148.